The van der Waals surface area contributed by atoms with Gasteiger partial charge in [-0.3, -0.25) is 0 Å². The number of methoxy groups -OCH3 is 1. The van der Waals surface area contributed by atoms with Crippen LogP contribution >= 0.6 is 0 Å². The van der Waals surface area contributed by atoms with E-state index in [-0.39, 0.29) is 5.41 Å². The number of rotatable bonds is 6. The highest BCUT2D eigenvalue weighted by molar-refractivity contribution is 7.89. The van der Waals surface area contributed by atoms with Crippen molar-refractivity contribution in [2.45, 2.75) is 31.0 Å². The summed E-state index contributed by atoms with van der Waals surface area (Å²) in [6.45, 7) is 3.79. The minimum atomic E-state index is -3.52. The van der Waals surface area contributed by atoms with E-state index in [1.54, 1.807) is 19.2 Å². The van der Waals surface area contributed by atoms with Crippen molar-refractivity contribution >= 4 is 10.0 Å². The molecule has 0 radical (unpaired) electrons. The molecule has 2 aliphatic rings. The molecule has 0 amide bonds. The van der Waals surface area contributed by atoms with Gasteiger partial charge in [0.05, 0.1) is 24.7 Å². The van der Waals surface area contributed by atoms with E-state index in [4.69, 9.17) is 9.47 Å². The normalized spacial score (nSPS) is 20.4. The molecule has 2 N–H and O–H groups in total. The highest BCUT2D eigenvalue weighted by atomic mass is 32.2. The van der Waals surface area contributed by atoms with Gasteiger partial charge in [0.25, 0.3) is 0 Å². The van der Waals surface area contributed by atoms with Crippen molar-refractivity contribution in [2.24, 2.45) is 5.41 Å². The molecule has 2 aliphatic heterocycles. The van der Waals surface area contributed by atoms with Crippen molar-refractivity contribution in [1.82, 2.24) is 10.0 Å². The van der Waals surface area contributed by atoms with Crippen LogP contribution < -0.4 is 10.0 Å². The zero-order valence-corrected chi connectivity index (χ0v) is 14.2. The lowest BCUT2D eigenvalue weighted by atomic mass is 9.80. The van der Waals surface area contributed by atoms with Crippen molar-refractivity contribution in [3.05, 3.63) is 29.3 Å². The van der Waals surface area contributed by atoms with E-state index in [1.807, 2.05) is 6.07 Å². The van der Waals surface area contributed by atoms with Crippen LogP contribution in [-0.2, 0) is 32.7 Å². The number of piperidine rings is 1. The summed E-state index contributed by atoms with van der Waals surface area (Å²) >= 11 is 0. The van der Waals surface area contributed by atoms with Crippen LogP contribution in [0.5, 0.6) is 0 Å². The zero-order chi connectivity index (χ0) is 16.3. The number of hydrogen-bond acceptors (Lipinski definition) is 5. The predicted octanol–water partition coefficient (Wildman–Crippen LogP) is 1.01. The fraction of sp³-hybridized carbons (Fsp3) is 0.625. The van der Waals surface area contributed by atoms with Crippen LogP contribution in [0.15, 0.2) is 23.1 Å². The molecule has 128 valence electrons. The predicted molar refractivity (Wildman–Crippen MR) is 86.5 cm³/mol. The molecule has 0 bridgehead atoms. The zero-order valence-electron chi connectivity index (χ0n) is 13.4. The van der Waals surface area contributed by atoms with E-state index in [2.05, 4.69) is 10.0 Å². The summed E-state index contributed by atoms with van der Waals surface area (Å²) in [6, 6.07) is 5.21. The molecule has 0 aliphatic carbocycles. The van der Waals surface area contributed by atoms with E-state index >= 15 is 0 Å². The highest BCUT2D eigenvalue weighted by Gasteiger charge is 2.33. The molecule has 1 aromatic rings. The summed E-state index contributed by atoms with van der Waals surface area (Å²) < 4.78 is 38.7. The topological polar surface area (TPSA) is 76.7 Å². The second-order valence-corrected chi connectivity index (χ2v) is 8.20. The van der Waals surface area contributed by atoms with E-state index < -0.39 is 10.0 Å². The molecule has 0 spiro atoms. The van der Waals surface area contributed by atoms with E-state index in [0.717, 1.165) is 37.1 Å². The van der Waals surface area contributed by atoms with Crippen LogP contribution in [-0.4, -0.2) is 41.8 Å². The quantitative estimate of drug-likeness (QED) is 0.808. The number of nitrogens with one attached hydrogen (secondary N) is 2. The third-order valence-electron chi connectivity index (χ3n) is 4.76. The molecule has 6 nitrogen and oxygen atoms in total. The first-order valence-corrected chi connectivity index (χ1v) is 9.42. The molecule has 23 heavy (non-hydrogen) atoms. The van der Waals surface area contributed by atoms with Gasteiger partial charge in [-0.1, -0.05) is 6.07 Å². The maximum Gasteiger partial charge on any atom is 0.240 e. The lowest BCUT2D eigenvalue weighted by Crippen LogP contribution is -2.47. The van der Waals surface area contributed by atoms with Gasteiger partial charge in [0, 0.05) is 19.1 Å². The Kier molecular flexibility index (Phi) is 5.03. The van der Waals surface area contributed by atoms with Crippen LogP contribution in [0.3, 0.4) is 0 Å². The minimum Gasteiger partial charge on any atom is -0.384 e. The fourth-order valence-corrected chi connectivity index (χ4v) is 4.49. The van der Waals surface area contributed by atoms with Crippen molar-refractivity contribution < 1.29 is 17.9 Å². The minimum absolute atomic E-state index is 0.132. The Morgan fingerprint density at radius 3 is 2.74 bits per heavy atom. The second kappa shape index (κ2) is 6.86. The SMILES string of the molecule is COCC1(CNS(=O)(=O)c2ccc3c(c2)COC3)CCNCC1. The Balaban J connectivity index is 1.72. The average Bonchev–Trinajstić information content (AvgIpc) is 3.02. The number of ether oxygens (including phenoxy) is 2. The van der Waals surface area contributed by atoms with Crippen LogP contribution in [0.1, 0.15) is 24.0 Å². The number of sulfonamides is 1. The van der Waals surface area contributed by atoms with Crippen molar-refractivity contribution in [1.29, 1.82) is 0 Å². The molecule has 3 rings (SSSR count). The Morgan fingerprint density at radius 2 is 2.00 bits per heavy atom. The van der Waals surface area contributed by atoms with E-state index in [1.165, 1.54) is 0 Å². The van der Waals surface area contributed by atoms with Gasteiger partial charge < -0.3 is 14.8 Å². The Hall–Kier alpha value is -0.990. The van der Waals surface area contributed by atoms with Gasteiger partial charge in [-0.25, -0.2) is 13.1 Å². The fourth-order valence-electron chi connectivity index (χ4n) is 3.28. The molecule has 2 heterocycles. The van der Waals surface area contributed by atoms with E-state index in [0.29, 0.717) is 31.3 Å². The standard InChI is InChI=1S/C16H24N2O4S/c1-21-12-16(4-6-17-7-5-16)11-18-23(19,20)15-3-2-13-9-22-10-14(13)8-15/h2-3,8,17-18H,4-7,9-12H2,1H3. The first kappa shape index (κ1) is 16.9. The maximum atomic E-state index is 12.6. The number of hydrogen-bond donors (Lipinski definition) is 2. The van der Waals surface area contributed by atoms with Crippen molar-refractivity contribution in [3.63, 3.8) is 0 Å². The third kappa shape index (κ3) is 3.75. The van der Waals surface area contributed by atoms with Gasteiger partial charge in [0.2, 0.25) is 10.0 Å². The summed E-state index contributed by atoms with van der Waals surface area (Å²) in [4.78, 5) is 0.309. The summed E-state index contributed by atoms with van der Waals surface area (Å²) in [5, 5.41) is 3.31. The van der Waals surface area contributed by atoms with Gasteiger partial charge in [0.15, 0.2) is 0 Å². The maximum absolute atomic E-state index is 12.6. The van der Waals surface area contributed by atoms with Crippen molar-refractivity contribution in [2.75, 3.05) is 33.4 Å². The molecule has 7 heteroatoms. The first-order chi connectivity index (χ1) is 11.0. The van der Waals surface area contributed by atoms with Gasteiger partial charge >= 0.3 is 0 Å². The number of fused-ring (bicyclic) bond motifs is 1. The van der Waals surface area contributed by atoms with Gasteiger partial charge in [0.1, 0.15) is 0 Å². The monoisotopic (exact) mass is 340 g/mol. The Bertz CT molecular complexity index is 649. The second-order valence-electron chi connectivity index (χ2n) is 6.43. The lowest BCUT2D eigenvalue weighted by Gasteiger charge is -2.37. The molecule has 0 atom stereocenters. The van der Waals surface area contributed by atoms with Crippen LogP contribution in [0.25, 0.3) is 0 Å². The summed E-state index contributed by atoms with van der Waals surface area (Å²) in [5.41, 5.74) is 1.90. The molecule has 1 saturated heterocycles. The largest absolute Gasteiger partial charge is 0.384 e. The lowest BCUT2D eigenvalue weighted by molar-refractivity contribution is 0.0577. The molecule has 0 unspecified atom stereocenters. The molecule has 1 aromatic carbocycles. The molecule has 0 aromatic heterocycles. The van der Waals surface area contributed by atoms with Gasteiger partial charge in [-0.05, 0) is 49.2 Å². The van der Waals surface area contributed by atoms with Crippen molar-refractivity contribution in [3.8, 4) is 0 Å². The summed E-state index contributed by atoms with van der Waals surface area (Å²) in [5.74, 6) is 0. The van der Waals surface area contributed by atoms with Gasteiger partial charge in [-0.15, -0.1) is 0 Å². The summed E-state index contributed by atoms with van der Waals surface area (Å²) in [7, 11) is -1.85. The van der Waals surface area contributed by atoms with Crippen LogP contribution in [0.2, 0.25) is 0 Å². The van der Waals surface area contributed by atoms with Gasteiger partial charge in [-0.2, -0.15) is 0 Å². The number of benzene rings is 1. The molecular formula is C16H24N2O4S. The molecular weight excluding hydrogens is 316 g/mol. The third-order valence-corrected chi connectivity index (χ3v) is 6.15. The van der Waals surface area contributed by atoms with Crippen LogP contribution in [0, 0.1) is 5.41 Å². The average molecular weight is 340 g/mol. The Labute approximate surface area is 137 Å². The first-order valence-electron chi connectivity index (χ1n) is 7.94. The highest BCUT2D eigenvalue weighted by Crippen LogP contribution is 2.29. The smallest absolute Gasteiger partial charge is 0.240 e. The molecule has 1 fully saturated rings. The van der Waals surface area contributed by atoms with Crippen LogP contribution in [0.4, 0.5) is 0 Å². The Morgan fingerprint density at radius 1 is 1.26 bits per heavy atom. The summed E-state index contributed by atoms with van der Waals surface area (Å²) in [6.07, 6.45) is 1.81. The molecule has 0 saturated carbocycles. The van der Waals surface area contributed by atoms with E-state index in [9.17, 15) is 8.42 Å².